The highest BCUT2D eigenvalue weighted by Crippen LogP contribution is 2.68. The smallest absolute Gasteiger partial charge is 0.252 e. The van der Waals surface area contributed by atoms with Crippen LogP contribution < -0.4 is 26.2 Å². The van der Waals surface area contributed by atoms with E-state index in [1.165, 1.54) is 0 Å². The van der Waals surface area contributed by atoms with Crippen LogP contribution in [0.3, 0.4) is 0 Å². The van der Waals surface area contributed by atoms with Gasteiger partial charge in [-0.05, 0) is 200 Å². The van der Waals surface area contributed by atoms with E-state index in [2.05, 4.69) is 108 Å². The van der Waals surface area contributed by atoms with Gasteiger partial charge < -0.3 is 18.9 Å². The molecule has 4 aliphatic carbocycles. The minimum Gasteiger partial charge on any atom is -0.311 e. The molecule has 2 spiro atoms. The molecule has 4 heterocycles. The first-order valence-corrected chi connectivity index (χ1v) is 37.5. The van der Waals surface area contributed by atoms with Crippen LogP contribution in [0.5, 0.6) is 0 Å². The van der Waals surface area contributed by atoms with Gasteiger partial charge in [-0.3, -0.25) is 0 Å². The lowest BCUT2D eigenvalue weighted by molar-refractivity contribution is 0.569. The zero-order valence-electron chi connectivity index (χ0n) is 84.9. The molecule has 4 nitrogen and oxygen atoms in total. The maximum Gasteiger partial charge on any atom is 0.252 e. The molecule has 5 heteroatoms. The van der Waals surface area contributed by atoms with Gasteiger partial charge in [-0.1, -0.05) is 314 Å². The second-order valence-corrected chi connectivity index (χ2v) is 31.8. The molecule has 522 valence electrons. The fraction of sp³-hybridized carbons (Fsp3) is 0.0943. The molecule has 0 fully saturated rings. The maximum atomic E-state index is 12.3. The summed E-state index contributed by atoms with van der Waals surface area (Å²) in [6.45, 7) is 10.4. The highest BCUT2D eigenvalue weighted by molar-refractivity contribution is 7.00. The average Bonchev–Trinajstić information content (AvgIpc) is 1.48. The Hall–Kier alpha value is -13.2. The van der Waals surface area contributed by atoms with E-state index in [0.29, 0.717) is 27.8 Å². The molecule has 2 aromatic heterocycles. The lowest BCUT2D eigenvalue weighted by Gasteiger charge is -2.46. The first kappa shape index (κ1) is 43.7. The monoisotopic (exact) mass is 1440 g/mol. The summed E-state index contributed by atoms with van der Waals surface area (Å²) >= 11 is 0. The molecule has 2 aliphatic heterocycles. The van der Waals surface area contributed by atoms with Gasteiger partial charge in [0.2, 0.25) is 0 Å². The second-order valence-electron chi connectivity index (χ2n) is 31.8. The third kappa shape index (κ3) is 8.14. The number of para-hydroxylation sites is 4. The van der Waals surface area contributed by atoms with Gasteiger partial charge >= 0.3 is 0 Å². The van der Waals surface area contributed by atoms with Crippen molar-refractivity contribution in [3.8, 4) is 67.0 Å². The predicted octanol–water partition coefficient (Wildman–Crippen LogP) is 24.9. The quantitative estimate of drug-likeness (QED) is 0.160. The summed E-state index contributed by atoms with van der Waals surface area (Å²) in [6.07, 6.45) is 0. The van der Waals surface area contributed by atoms with E-state index in [-0.39, 0.29) is 68.2 Å². The van der Waals surface area contributed by atoms with E-state index in [1.807, 2.05) is 133 Å². The van der Waals surface area contributed by atoms with Crippen molar-refractivity contribution in [2.24, 2.45) is 0 Å². The van der Waals surface area contributed by atoms with Gasteiger partial charge in [-0.2, -0.15) is 0 Å². The van der Waals surface area contributed by atoms with Gasteiger partial charge in [-0.25, -0.2) is 0 Å². The largest absolute Gasteiger partial charge is 0.311 e. The number of anilines is 6. The molecule has 0 saturated carbocycles. The molecular formula is C106H75BN4. The molecule has 0 saturated heterocycles. The lowest BCUT2D eigenvalue weighted by atomic mass is 9.33. The van der Waals surface area contributed by atoms with Crippen molar-refractivity contribution in [1.29, 1.82) is 0 Å². The molecule has 18 aromatic rings. The number of rotatable bonds is 5. The molecule has 0 unspecified atom stereocenters. The molecule has 16 aromatic carbocycles. The van der Waals surface area contributed by atoms with Gasteiger partial charge in [0.25, 0.3) is 6.71 Å². The first-order valence-electron chi connectivity index (χ1n) is 49.5. The Bertz CT molecular complexity index is 7920. The minimum absolute atomic E-state index is 0.0131. The van der Waals surface area contributed by atoms with Crippen LogP contribution in [-0.4, -0.2) is 15.8 Å². The van der Waals surface area contributed by atoms with E-state index < -0.39 is 216 Å². The summed E-state index contributed by atoms with van der Waals surface area (Å²) in [7, 11) is 0. The Morgan fingerprint density at radius 2 is 0.595 bits per heavy atom. The number of hydrogen-bond acceptors (Lipinski definition) is 2. The number of fused-ring (bicyclic) bond motifs is 30. The first-order chi connectivity index (χ1) is 64.4. The number of aromatic nitrogens is 2. The second kappa shape index (κ2) is 22.2. The number of hydrogen-bond donors (Lipinski definition) is 0. The number of benzene rings is 16. The third-order valence-corrected chi connectivity index (χ3v) is 24.3. The molecule has 0 atom stereocenters. The molecule has 0 amide bonds. The Kier molecular flexibility index (Phi) is 8.76. The molecular weight excluding hydrogens is 1340 g/mol. The molecule has 0 bridgehead atoms. The standard InChI is InChI=1S/C106H75BN4/c1-103(2,3)66-57-64(58-67(61-66)104(4,5)6)65-59-98-102-99(60-65)111(95-52-28-40-81-75-34-12-22-46-87(75)106(101(81)95)84-43-19-9-31-72(84)73-32-10-20-44-85(73)106)97-63-69(109-92-49-25-15-37-78(92)79-38-16-26-50-93(79)109)54-56-89(97)107(102)88-55-53-68(108-90-47-23-13-35-76(90)77-36-14-24-48-91(77)108)62-96(88)110(98)94-51-27-39-80-74-33-11-21-45-86(74)105(100(80)94)82-41-17-7-29-70(82)71-30-8-18-42-83(71)105/h7-63H,1-6H3/i13D,14D,15D,16D,23D,24D,25D,26D,35D,36D,37D,38D,47D,48D,49D,50D,53D,54D,55D,56D,59D,60D,62D,63D. The molecule has 111 heavy (non-hydrogen) atoms. The lowest BCUT2D eigenvalue weighted by Crippen LogP contribution is -2.61. The average molecular weight is 1440 g/mol. The van der Waals surface area contributed by atoms with Crippen LogP contribution in [0, 0.1) is 0 Å². The zero-order valence-corrected chi connectivity index (χ0v) is 60.9. The van der Waals surface area contributed by atoms with Crippen LogP contribution in [0.15, 0.2) is 345 Å². The maximum absolute atomic E-state index is 12.3. The van der Waals surface area contributed by atoms with E-state index in [4.69, 9.17) is 0 Å². The van der Waals surface area contributed by atoms with Gasteiger partial charge in [0.15, 0.2) is 0 Å². The van der Waals surface area contributed by atoms with Crippen molar-refractivity contribution < 1.29 is 32.9 Å². The van der Waals surface area contributed by atoms with Crippen LogP contribution in [0.4, 0.5) is 34.1 Å². The third-order valence-electron chi connectivity index (χ3n) is 24.3. The summed E-state index contributed by atoms with van der Waals surface area (Å²) < 4.78 is 251. The summed E-state index contributed by atoms with van der Waals surface area (Å²) in [4.78, 5) is 3.45. The van der Waals surface area contributed by atoms with Crippen LogP contribution in [-0.2, 0) is 21.7 Å². The fourth-order valence-corrected chi connectivity index (χ4v) is 19.8. The van der Waals surface area contributed by atoms with Crippen LogP contribution in [0.25, 0.3) is 111 Å². The van der Waals surface area contributed by atoms with Crippen molar-refractivity contribution in [1.82, 2.24) is 9.13 Å². The molecule has 0 radical (unpaired) electrons. The van der Waals surface area contributed by atoms with Crippen molar-refractivity contribution >= 4 is 101 Å². The summed E-state index contributed by atoms with van der Waals surface area (Å²) in [6, 6.07) is 48.0. The highest BCUT2D eigenvalue weighted by Gasteiger charge is 2.57. The van der Waals surface area contributed by atoms with Crippen molar-refractivity contribution in [2.45, 2.75) is 63.2 Å². The summed E-state index contributed by atoms with van der Waals surface area (Å²) in [5.74, 6) is 0. The Morgan fingerprint density at radius 1 is 0.288 bits per heavy atom. The van der Waals surface area contributed by atoms with Crippen LogP contribution >= 0.6 is 0 Å². The fourth-order valence-electron chi connectivity index (χ4n) is 19.8. The SMILES string of the molecule is [2H]c1c([2H])c(-n2c3c([2H])c([2H])c([2H])c([2H])c3c3c([2H])c([2H])c([2H])c([2H])c32)c([2H])c2c1B1c3c([2H])c([2H])c(-n4c5c([2H])c([2H])c([2H])c([2H])c5c5c([2H])c([2H])c([2H])c([2H])c54)c([2H])c3N(c3cccc4c3C3(c5ccccc5-c5ccccc53)c3ccccc3-4)c3c([2H])c(-c4cc(C(C)(C)C)cc(C(C)(C)C)c4)c([2H])c(c31)N2c1cccc2c1C1(c3ccccc3-c3ccccc31)c1ccccc1-2. The highest BCUT2D eigenvalue weighted by atomic mass is 15.2. The molecule has 0 N–H and O–H groups in total. The molecule has 24 rings (SSSR count). The Labute approximate surface area is 680 Å². The predicted molar refractivity (Wildman–Crippen MR) is 465 cm³/mol. The van der Waals surface area contributed by atoms with Gasteiger partial charge in [0, 0.05) is 66.8 Å². The topological polar surface area (TPSA) is 16.3 Å². The van der Waals surface area contributed by atoms with E-state index in [1.54, 1.807) is 9.80 Å². The minimum atomic E-state index is -1.93. The van der Waals surface area contributed by atoms with E-state index in [0.717, 1.165) is 87.0 Å². The van der Waals surface area contributed by atoms with Gasteiger partial charge in [0.05, 0.1) is 77.2 Å². The normalized spacial score (nSPS) is 17.5. The summed E-state index contributed by atoms with van der Waals surface area (Å²) in [5.41, 5.74) is 6.39. The van der Waals surface area contributed by atoms with E-state index in [9.17, 15) is 32.9 Å². The van der Waals surface area contributed by atoms with Crippen molar-refractivity contribution in [3.63, 3.8) is 0 Å². The Morgan fingerprint density at radius 3 is 0.928 bits per heavy atom. The zero-order chi connectivity index (χ0) is 94.6. The van der Waals surface area contributed by atoms with Gasteiger partial charge in [0.1, 0.15) is 0 Å². The number of nitrogens with zero attached hydrogens (tertiary/aromatic N) is 4. The van der Waals surface area contributed by atoms with Crippen LogP contribution in [0.2, 0.25) is 0 Å². The van der Waals surface area contributed by atoms with E-state index >= 15 is 0 Å². The Balaban J connectivity index is 0.971. The molecule has 6 aliphatic rings. The van der Waals surface area contributed by atoms with Crippen LogP contribution in [0.1, 0.15) is 130 Å². The summed E-state index contributed by atoms with van der Waals surface area (Å²) in [5, 5.41) is -1.60. The van der Waals surface area contributed by atoms with Gasteiger partial charge in [-0.15, -0.1) is 0 Å². The van der Waals surface area contributed by atoms with Crippen molar-refractivity contribution in [2.75, 3.05) is 9.80 Å². The van der Waals surface area contributed by atoms with Crippen molar-refractivity contribution in [3.05, 3.63) is 401 Å².